The maximum atomic E-state index is 12.2. The SMILES string of the molecule is Cc1nn(CCCCCCCC#Cc2ccnc(C(=O)OC(C)(C)C)c2)c2cc(C(N)=O)ccc12. The van der Waals surface area contributed by atoms with Gasteiger partial charge in [-0.1, -0.05) is 37.2 Å². The summed E-state index contributed by atoms with van der Waals surface area (Å²) in [5.41, 5.74) is 8.33. The molecule has 0 aliphatic carbocycles. The number of hydrogen-bond acceptors (Lipinski definition) is 5. The van der Waals surface area contributed by atoms with Crippen molar-refractivity contribution in [2.45, 2.75) is 78.4 Å². The number of aromatic nitrogens is 3. The van der Waals surface area contributed by atoms with E-state index in [4.69, 9.17) is 10.5 Å². The molecule has 3 rings (SSSR count). The number of esters is 1. The van der Waals surface area contributed by atoms with Gasteiger partial charge in [0.2, 0.25) is 5.91 Å². The van der Waals surface area contributed by atoms with Crippen LogP contribution in [0.1, 0.15) is 91.4 Å². The second-order valence-electron chi connectivity index (χ2n) is 9.66. The van der Waals surface area contributed by atoms with Crippen LogP contribution in [0, 0.1) is 18.8 Å². The molecule has 0 saturated heterocycles. The predicted octanol–water partition coefficient (Wildman–Crippen LogP) is 5.19. The molecule has 0 atom stereocenters. The summed E-state index contributed by atoms with van der Waals surface area (Å²) >= 11 is 0. The van der Waals surface area contributed by atoms with Gasteiger partial charge in [0.1, 0.15) is 11.3 Å². The van der Waals surface area contributed by atoms with Gasteiger partial charge in [0, 0.05) is 35.7 Å². The van der Waals surface area contributed by atoms with E-state index < -0.39 is 17.5 Å². The number of rotatable bonds is 9. The molecule has 184 valence electrons. The van der Waals surface area contributed by atoms with Crippen molar-refractivity contribution in [3.63, 3.8) is 0 Å². The lowest BCUT2D eigenvalue weighted by Gasteiger charge is -2.18. The molecule has 0 saturated carbocycles. The van der Waals surface area contributed by atoms with Crippen LogP contribution < -0.4 is 5.73 Å². The molecular formula is C28H34N4O3. The van der Waals surface area contributed by atoms with Gasteiger partial charge < -0.3 is 10.5 Å². The fourth-order valence-electron chi connectivity index (χ4n) is 3.78. The van der Waals surface area contributed by atoms with Crippen LogP contribution in [0.4, 0.5) is 0 Å². The second kappa shape index (κ2) is 11.7. The van der Waals surface area contributed by atoms with Crippen molar-refractivity contribution >= 4 is 22.8 Å². The van der Waals surface area contributed by atoms with Crippen LogP contribution in [0.2, 0.25) is 0 Å². The summed E-state index contributed by atoms with van der Waals surface area (Å²) in [6, 6.07) is 8.97. The number of pyridine rings is 1. The Hall–Kier alpha value is -3.66. The van der Waals surface area contributed by atoms with Crippen LogP contribution in [0.5, 0.6) is 0 Å². The van der Waals surface area contributed by atoms with Gasteiger partial charge >= 0.3 is 5.97 Å². The van der Waals surface area contributed by atoms with E-state index in [9.17, 15) is 9.59 Å². The molecular weight excluding hydrogens is 440 g/mol. The van der Waals surface area contributed by atoms with E-state index in [-0.39, 0.29) is 5.69 Å². The summed E-state index contributed by atoms with van der Waals surface area (Å²) in [6.07, 6.45) is 7.79. The molecule has 2 heterocycles. The number of ether oxygens (including phenoxy) is 1. The number of unbranched alkanes of at least 4 members (excludes halogenated alkanes) is 5. The Kier molecular flexibility index (Phi) is 8.64. The van der Waals surface area contributed by atoms with Crippen molar-refractivity contribution in [1.82, 2.24) is 14.8 Å². The van der Waals surface area contributed by atoms with E-state index in [1.165, 1.54) is 0 Å². The first-order valence-corrected chi connectivity index (χ1v) is 12.1. The molecule has 2 N–H and O–H groups in total. The minimum Gasteiger partial charge on any atom is -0.455 e. The van der Waals surface area contributed by atoms with E-state index >= 15 is 0 Å². The zero-order valence-electron chi connectivity index (χ0n) is 21.1. The third kappa shape index (κ3) is 7.68. The first-order chi connectivity index (χ1) is 16.6. The number of hydrogen-bond donors (Lipinski definition) is 1. The molecule has 3 aromatic rings. The predicted molar refractivity (Wildman–Crippen MR) is 137 cm³/mol. The maximum Gasteiger partial charge on any atom is 0.357 e. The van der Waals surface area contributed by atoms with Gasteiger partial charge in [-0.25, -0.2) is 9.78 Å². The Morgan fingerprint density at radius 2 is 1.80 bits per heavy atom. The van der Waals surface area contributed by atoms with Crippen LogP contribution in [0.15, 0.2) is 36.5 Å². The number of nitrogens with zero attached hydrogens (tertiary/aromatic N) is 3. The molecule has 0 aliphatic heterocycles. The minimum absolute atomic E-state index is 0.276. The molecule has 1 amide bonds. The summed E-state index contributed by atoms with van der Waals surface area (Å²) < 4.78 is 7.34. The molecule has 1 aromatic carbocycles. The van der Waals surface area contributed by atoms with E-state index in [2.05, 4.69) is 21.9 Å². The number of benzene rings is 1. The summed E-state index contributed by atoms with van der Waals surface area (Å²) in [6.45, 7) is 8.28. The van der Waals surface area contributed by atoms with E-state index in [0.717, 1.165) is 67.2 Å². The smallest absolute Gasteiger partial charge is 0.357 e. The summed E-state index contributed by atoms with van der Waals surface area (Å²) in [5.74, 6) is 5.44. The molecule has 7 nitrogen and oxygen atoms in total. The molecule has 2 aromatic heterocycles. The Bertz CT molecular complexity index is 1260. The van der Waals surface area contributed by atoms with Crippen molar-refractivity contribution in [3.8, 4) is 11.8 Å². The van der Waals surface area contributed by atoms with Gasteiger partial charge in [-0.3, -0.25) is 9.48 Å². The second-order valence-corrected chi connectivity index (χ2v) is 9.66. The molecule has 0 aliphatic rings. The Balaban J connectivity index is 1.39. The largest absolute Gasteiger partial charge is 0.455 e. The number of fused-ring (bicyclic) bond motifs is 1. The zero-order chi connectivity index (χ0) is 25.4. The van der Waals surface area contributed by atoms with Crippen molar-refractivity contribution in [1.29, 1.82) is 0 Å². The highest BCUT2D eigenvalue weighted by atomic mass is 16.6. The number of aryl methyl sites for hydroxylation is 2. The number of primary amides is 1. The van der Waals surface area contributed by atoms with Gasteiger partial charge in [-0.2, -0.15) is 5.10 Å². The first kappa shape index (κ1) is 26.0. The zero-order valence-corrected chi connectivity index (χ0v) is 21.1. The Labute approximate surface area is 207 Å². The van der Waals surface area contributed by atoms with Gasteiger partial charge in [0.05, 0.1) is 11.2 Å². The fourth-order valence-corrected chi connectivity index (χ4v) is 3.78. The molecule has 0 spiro atoms. The third-order valence-corrected chi connectivity index (χ3v) is 5.49. The van der Waals surface area contributed by atoms with Crippen molar-refractivity contribution in [2.24, 2.45) is 5.73 Å². The summed E-state index contributed by atoms with van der Waals surface area (Å²) in [5, 5.41) is 5.68. The van der Waals surface area contributed by atoms with Crippen LogP contribution in [-0.2, 0) is 11.3 Å². The van der Waals surface area contributed by atoms with E-state index in [1.807, 2.05) is 44.5 Å². The normalized spacial score (nSPS) is 11.2. The fraction of sp³-hybridized carbons (Fsp3) is 0.429. The van der Waals surface area contributed by atoms with Gasteiger partial charge in [-0.15, -0.1) is 0 Å². The number of carbonyl (C=O) groups is 2. The lowest BCUT2D eigenvalue weighted by molar-refractivity contribution is 0.00626. The monoisotopic (exact) mass is 474 g/mol. The van der Waals surface area contributed by atoms with Crippen LogP contribution in [-0.4, -0.2) is 32.2 Å². The highest BCUT2D eigenvalue weighted by Crippen LogP contribution is 2.20. The minimum atomic E-state index is -0.556. The van der Waals surface area contributed by atoms with Crippen molar-refractivity contribution in [2.75, 3.05) is 0 Å². The van der Waals surface area contributed by atoms with Gasteiger partial charge in [-0.05, 0) is 64.8 Å². The lowest BCUT2D eigenvalue weighted by atomic mass is 10.1. The third-order valence-electron chi connectivity index (χ3n) is 5.49. The molecule has 0 radical (unpaired) electrons. The number of carbonyl (C=O) groups excluding carboxylic acids is 2. The molecule has 0 unspecified atom stereocenters. The van der Waals surface area contributed by atoms with Gasteiger partial charge in [0.25, 0.3) is 0 Å². The molecule has 0 bridgehead atoms. The molecule has 35 heavy (non-hydrogen) atoms. The molecule has 0 fully saturated rings. The highest BCUT2D eigenvalue weighted by molar-refractivity contribution is 5.97. The van der Waals surface area contributed by atoms with Gasteiger partial charge in [0.15, 0.2) is 0 Å². The van der Waals surface area contributed by atoms with Crippen LogP contribution >= 0.6 is 0 Å². The summed E-state index contributed by atoms with van der Waals surface area (Å²) in [4.78, 5) is 27.7. The molecule has 7 heteroatoms. The van der Waals surface area contributed by atoms with Crippen molar-refractivity contribution in [3.05, 3.63) is 59.0 Å². The standard InChI is InChI=1S/C28H34N4O3/c1-20-23-14-13-22(26(29)33)19-25(23)32(31-20)17-11-9-7-5-6-8-10-12-21-15-16-30-24(18-21)27(34)35-28(2,3)4/h13-16,18-19H,5-9,11,17H2,1-4H3,(H2,29,33). The average molecular weight is 475 g/mol. The average Bonchev–Trinajstić information content (AvgIpc) is 3.12. The Morgan fingerprint density at radius 1 is 1.06 bits per heavy atom. The quantitative estimate of drug-likeness (QED) is 0.261. The lowest BCUT2D eigenvalue weighted by Crippen LogP contribution is -2.24. The van der Waals surface area contributed by atoms with Crippen molar-refractivity contribution < 1.29 is 14.3 Å². The summed E-state index contributed by atoms with van der Waals surface area (Å²) in [7, 11) is 0. The number of amides is 1. The highest BCUT2D eigenvalue weighted by Gasteiger charge is 2.18. The maximum absolute atomic E-state index is 12.2. The topological polar surface area (TPSA) is 100 Å². The number of nitrogens with two attached hydrogens (primary N) is 1. The Morgan fingerprint density at radius 3 is 2.54 bits per heavy atom. The van der Waals surface area contributed by atoms with Crippen LogP contribution in [0.25, 0.3) is 10.9 Å². The van der Waals surface area contributed by atoms with E-state index in [1.54, 1.807) is 24.4 Å². The van der Waals surface area contributed by atoms with E-state index in [0.29, 0.717) is 5.56 Å². The first-order valence-electron chi connectivity index (χ1n) is 12.1. The van der Waals surface area contributed by atoms with Crippen LogP contribution in [0.3, 0.4) is 0 Å².